The van der Waals surface area contributed by atoms with E-state index in [1.807, 2.05) is 12.1 Å². The number of carboxylic acid groups (broad SMARTS) is 1. The Morgan fingerprint density at radius 1 is 0.816 bits per heavy atom. The zero-order valence-electron chi connectivity index (χ0n) is 20.8. The van der Waals surface area contributed by atoms with Crippen molar-refractivity contribution in [3.63, 3.8) is 0 Å². The zero-order chi connectivity index (χ0) is 27.7. The van der Waals surface area contributed by atoms with E-state index < -0.39 is 36.5 Å². The number of Topliss-reactive ketones (excluding diaryl/α,β-unsaturated/α-hetero) is 2. The van der Waals surface area contributed by atoms with Crippen molar-refractivity contribution >= 4 is 29.1 Å². The third-order valence-corrected chi connectivity index (χ3v) is 6.03. The van der Waals surface area contributed by atoms with Gasteiger partial charge in [0.1, 0.15) is 24.7 Å². The van der Waals surface area contributed by atoms with E-state index in [4.69, 9.17) is 35.7 Å². The third-order valence-electron chi connectivity index (χ3n) is 5.66. The number of benzene rings is 3. The Bertz CT molecular complexity index is 1270. The maximum Gasteiger partial charge on any atom is 0.309 e. The molecule has 0 aromatic heterocycles. The van der Waals surface area contributed by atoms with Crippen LogP contribution in [0.3, 0.4) is 0 Å². The summed E-state index contributed by atoms with van der Waals surface area (Å²) in [7, 11) is 3.12. The molecule has 0 saturated carbocycles. The zero-order valence-corrected chi connectivity index (χ0v) is 21.6. The van der Waals surface area contributed by atoms with Crippen molar-refractivity contribution < 1.29 is 43.5 Å². The predicted octanol–water partition coefficient (Wildman–Crippen LogP) is 4.35. The van der Waals surface area contributed by atoms with Gasteiger partial charge in [0.15, 0.2) is 11.5 Å². The second-order valence-corrected chi connectivity index (χ2v) is 8.58. The number of carbonyl (C=O) groups excluding carboxylic acids is 2. The second kappa shape index (κ2) is 13.5. The van der Waals surface area contributed by atoms with Crippen LogP contribution in [0.4, 0.5) is 0 Å². The fraction of sp³-hybridized carbons (Fsp3) is 0.250. The number of aliphatic carboxylic acids is 1. The summed E-state index contributed by atoms with van der Waals surface area (Å²) in [6, 6.07) is 17.1. The molecule has 0 unspecified atom stereocenters. The summed E-state index contributed by atoms with van der Waals surface area (Å²) in [6.07, 6.45) is -0.668. The fourth-order valence-corrected chi connectivity index (χ4v) is 3.72. The van der Waals surface area contributed by atoms with E-state index in [-0.39, 0.29) is 35.3 Å². The minimum atomic E-state index is -1.40. The molecule has 0 spiro atoms. The van der Waals surface area contributed by atoms with Crippen LogP contribution in [0.25, 0.3) is 0 Å². The van der Waals surface area contributed by atoms with Crippen LogP contribution < -0.4 is 18.9 Å². The number of hydrogen-bond acceptors (Lipinski definition) is 8. The minimum absolute atomic E-state index is 0.0478. The summed E-state index contributed by atoms with van der Waals surface area (Å²) in [5.41, 5.74) is 1.45. The molecule has 10 heteroatoms. The maximum atomic E-state index is 12.9. The summed E-state index contributed by atoms with van der Waals surface area (Å²) in [4.78, 5) is 36.5. The smallest absolute Gasteiger partial charge is 0.309 e. The Labute approximate surface area is 224 Å². The number of ether oxygens (including phenoxy) is 4. The van der Waals surface area contributed by atoms with Gasteiger partial charge in [-0.25, -0.2) is 0 Å². The Kier molecular flexibility index (Phi) is 10.1. The lowest BCUT2D eigenvalue weighted by Gasteiger charge is -2.17. The number of carbonyl (C=O) groups is 3. The maximum absolute atomic E-state index is 12.9. The molecule has 0 heterocycles. The quantitative estimate of drug-likeness (QED) is 0.225. The Morgan fingerprint density at radius 2 is 1.34 bits per heavy atom. The number of aliphatic hydroxyl groups excluding tert-OH is 1. The average molecular weight is 543 g/mol. The molecule has 3 aromatic carbocycles. The van der Waals surface area contributed by atoms with Crippen molar-refractivity contribution in [3.05, 3.63) is 82.4 Å². The van der Waals surface area contributed by atoms with Gasteiger partial charge < -0.3 is 29.2 Å². The molecule has 0 saturated heterocycles. The number of halogens is 1. The molecule has 0 radical (unpaired) electrons. The topological polar surface area (TPSA) is 129 Å². The van der Waals surface area contributed by atoms with Crippen molar-refractivity contribution in [1.29, 1.82) is 0 Å². The van der Waals surface area contributed by atoms with E-state index in [9.17, 15) is 19.5 Å². The van der Waals surface area contributed by atoms with Gasteiger partial charge in [0, 0.05) is 12.0 Å². The summed E-state index contributed by atoms with van der Waals surface area (Å²) in [6.45, 7) is -0.557. The van der Waals surface area contributed by atoms with Crippen molar-refractivity contribution in [2.75, 3.05) is 20.8 Å². The van der Waals surface area contributed by atoms with Crippen molar-refractivity contribution in [2.24, 2.45) is 5.92 Å². The lowest BCUT2D eigenvalue weighted by atomic mass is 9.97. The van der Waals surface area contributed by atoms with E-state index >= 15 is 0 Å². The van der Waals surface area contributed by atoms with Crippen LogP contribution in [-0.4, -0.2) is 48.6 Å². The molecular weight excluding hydrogens is 516 g/mol. The molecule has 1 atom stereocenters. The van der Waals surface area contributed by atoms with Gasteiger partial charge in [-0.2, -0.15) is 0 Å². The summed E-state index contributed by atoms with van der Waals surface area (Å²) in [5.74, 6) is -3.13. The highest BCUT2D eigenvalue weighted by Crippen LogP contribution is 2.39. The Morgan fingerprint density at radius 3 is 1.82 bits per heavy atom. The molecule has 0 aliphatic carbocycles. The van der Waals surface area contributed by atoms with Crippen LogP contribution in [0.5, 0.6) is 23.0 Å². The molecule has 9 nitrogen and oxygen atoms in total. The molecule has 3 aromatic rings. The lowest BCUT2D eigenvalue weighted by Crippen LogP contribution is -2.25. The number of methoxy groups -OCH3 is 2. The van der Waals surface area contributed by atoms with Gasteiger partial charge in [0.25, 0.3) is 0 Å². The molecule has 0 bridgehead atoms. The van der Waals surface area contributed by atoms with E-state index in [1.165, 1.54) is 12.1 Å². The number of aliphatic hydroxyl groups is 1. The van der Waals surface area contributed by atoms with Gasteiger partial charge in [-0.05, 0) is 47.5 Å². The van der Waals surface area contributed by atoms with Gasteiger partial charge >= 0.3 is 5.97 Å². The van der Waals surface area contributed by atoms with E-state index in [1.54, 1.807) is 50.6 Å². The van der Waals surface area contributed by atoms with Crippen molar-refractivity contribution in [3.8, 4) is 23.0 Å². The highest BCUT2D eigenvalue weighted by atomic mass is 35.5. The largest absolute Gasteiger partial charge is 0.497 e. The standard InChI is InChI=1S/C28H27ClO9/c1-35-20-7-3-17(4-8-20)15-37-24-12-11-22(26(32)23(31)13-19(14-30)28(33)34)25(29)27(24)38-16-18-5-9-21(36-2)10-6-18/h3-12,19,30H,13-16H2,1-2H3,(H,33,34)/t19-/m1/s1. The minimum Gasteiger partial charge on any atom is -0.497 e. The molecule has 2 N–H and O–H groups in total. The van der Waals surface area contributed by atoms with Crippen LogP contribution in [0.2, 0.25) is 5.02 Å². The van der Waals surface area contributed by atoms with Crippen LogP contribution >= 0.6 is 11.6 Å². The first kappa shape index (κ1) is 28.5. The second-order valence-electron chi connectivity index (χ2n) is 8.20. The molecule has 0 fully saturated rings. The summed E-state index contributed by atoms with van der Waals surface area (Å²) >= 11 is 6.54. The summed E-state index contributed by atoms with van der Waals surface area (Å²) < 4.78 is 22.2. The lowest BCUT2D eigenvalue weighted by molar-refractivity contribution is -0.144. The first-order chi connectivity index (χ1) is 18.3. The molecule has 200 valence electrons. The normalized spacial score (nSPS) is 11.4. The first-order valence-corrected chi connectivity index (χ1v) is 11.9. The molecule has 0 amide bonds. The number of ketones is 2. The number of hydrogen-bond donors (Lipinski definition) is 2. The van der Waals surface area contributed by atoms with Crippen molar-refractivity contribution in [1.82, 2.24) is 0 Å². The predicted molar refractivity (Wildman–Crippen MR) is 138 cm³/mol. The first-order valence-electron chi connectivity index (χ1n) is 11.5. The van der Waals surface area contributed by atoms with E-state index in [0.717, 1.165) is 11.1 Å². The van der Waals surface area contributed by atoms with Gasteiger partial charge in [-0.15, -0.1) is 0 Å². The molecule has 38 heavy (non-hydrogen) atoms. The van der Waals surface area contributed by atoms with Crippen LogP contribution in [0.1, 0.15) is 27.9 Å². The summed E-state index contributed by atoms with van der Waals surface area (Å²) in [5, 5.41) is 18.2. The van der Waals surface area contributed by atoms with Crippen LogP contribution in [0, 0.1) is 5.92 Å². The average Bonchev–Trinajstić information content (AvgIpc) is 2.94. The highest BCUT2D eigenvalue weighted by molar-refractivity contribution is 6.48. The third kappa shape index (κ3) is 7.24. The number of carboxylic acids is 1. The fourth-order valence-electron chi connectivity index (χ4n) is 3.42. The van der Waals surface area contributed by atoms with Gasteiger partial charge in [-0.3, -0.25) is 14.4 Å². The molecule has 0 aliphatic heterocycles. The van der Waals surface area contributed by atoms with Gasteiger partial charge in [-0.1, -0.05) is 35.9 Å². The number of rotatable bonds is 14. The van der Waals surface area contributed by atoms with Crippen LogP contribution in [-0.2, 0) is 22.8 Å². The molecular formula is C28H27ClO9. The van der Waals surface area contributed by atoms with E-state index in [0.29, 0.717) is 11.5 Å². The molecule has 3 rings (SSSR count). The van der Waals surface area contributed by atoms with E-state index in [2.05, 4.69) is 0 Å². The molecule has 0 aliphatic rings. The van der Waals surface area contributed by atoms with Gasteiger partial charge in [0.2, 0.25) is 11.6 Å². The Hall–Kier alpha value is -4.08. The van der Waals surface area contributed by atoms with Crippen LogP contribution in [0.15, 0.2) is 60.7 Å². The monoisotopic (exact) mass is 542 g/mol. The van der Waals surface area contributed by atoms with Crippen molar-refractivity contribution in [2.45, 2.75) is 19.6 Å². The SMILES string of the molecule is COc1ccc(COc2ccc(C(=O)C(=O)C[C@H](CO)C(=O)O)c(Cl)c2OCc2ccc(OC)cc2)cc1. The highest BCUT2D eigenvalue weighted by Gasteiger charge is 2.28. The Balaban J connectivity index is 1.87. The van der Waals surface area contributed by atoms with Gasteiger partial charge in [0.05, 0.1) is 31.8 Å².